The maximum absolute atomic E-state index is 12.9. The van der Waals surface area contributed by atoms with Gasteiger partial charge in [0.25, 0.3) is 0 Å². The lowest BCUT2D eigenvalue weighted by molar-refractivity contribution is -0.130. The first-order valence-electron chi connectivity index (χ1n) is 10.1. The Labute approximate surface area is 176 Å². The number of carbonyl (C=O) groups excluding carboxylic acids is 3. The van der Waals surface area contributed by atoms with Crippen LogP contribution in [0.25, 0.3) is 6.08 Å². The predicted octanol–water partition coefficient (Wildman–Crippen LogP) is 2.98. The Morgan fingerprint density at radius 3 is 2.60 bits per heavy atom. The van der Waals surface area contributed by atoms with Crippen molar-refractivity contribution in [1.82, 2.24) is 10.2 Å². The summed E-state index contributed by atoms with van der Waals surface area (Å²) in [6, 6.07) is 16.4. The number of rotatable bonds is 9. The summed E-state index contributed by atoms with van der Waals surface area (Å²) in [7, 11) is 0. The molecule has 1 amide bonds. The van der Waals surface area contributed by atoms with Gasteiger partial charge < -0.3 is 9.64 Å². The molecule has 3 rings (SSSR count). The third-order valence-electron chi connectivity index (χ3n) is 4.92. The average molecular weight is 406 g/mol. The SMILES string of the molecule is CCCOc1ccccc1C=C1C(C(=O)C=O)NCN1C(=O)CCc1ccccc1. The standard InChI is InChI=1S/C24H26N2O4/c1-2-14-30-22-11-7-6-10-19(22)15-20-24(21(28)16-27)25-17-26(20)23(29)13-12-18-8-4-3-5-9-18/h3-11,15-16,24-25H,2,12-14,17H2,1H3. The van der Waals surface area contributed by atoms with Crippen molar-refractivity contribution in [3.63, 3.8) is 0 Å². The molecule has 1 N–H and O–H groups in total. The van der Waals surface area contributed by atoms with Gasteiger partial charge in [0.05, 0.1) is 13.3 Å². The average Bonchev–Trinajstić information content (AvgIpc) is 3.20. The van der Waals surface area contributed by atoms with Crippen LogP contribution in [0.5, 0.6) is 5.75 Å². The number of aldehydes is 1. The van der Waals surface area contributed by atoms with Gasteiger partial charge in [0.1, 0.15) is 11.8 Å². The molecule has 30 heavy (non-hydrogen) atoms. The minimum Gasteiger partial charge on any atom is -0.493 e. The molecular formula is C24H26N2O4. The molecule has 1 unspecified atom stereocenters. The molecule has 0 bridgehead atoms. The topological polar surface area (TPSA) is 75.7 Å². The van der Waals surface area contributed by atoms with E-state index in [1.165, 1.54) is 0 Å². The molecule has 6 heteroatoms. The number of para-hydroxylation sites is 1. The zero-order valence-corrected chi connectivity index (χ0v) is 17.0. The number of benzene rings is 2. The fourth-order valence-corrected chi connectivity index (χ4v) is 3.38. The van der Waals surface area contributed by atoms with Crippen LogP contribution in [0.4, 0.5) is 0 Å². The van der Waals surface area contributed by atoms with Crippen LogP contribution in [0.1, 0.15) is 30.9 Å². The number of Topliss-reactive ketones (excluding diaryl/α,β-unsaturated/α-hetero) is 1. The van der Waals surface area contributed by atoms with E-state index in [0.717, 1.165) is 17.5 Å². The van der Waals surface area contributed by atoms with Gasteiger partial charge in [-0.3, -0.25) is 19.7 Å². The summed E-state index contributed by atoms with van der Waals surface area (Å²) in [5.74, 6) is -0.0370. The van der Waals surface area contributed by atoms with Crippen LogP contribution < -0.4 is 10.1 Å². The minimum absolute atomic E-state index is 0.106. The molecule has 1 aliphatic rings. The van der Waals surface area contributed by atoms with Gasteiger partial charge in [0.2, 0.25) is 11.7 Å². The molecule has 1 fully saturated rings. The Bertz CT molecular complexity index is 924. The zero-order chi connectivity index (χ0) is 21.3. The second-order valence-corrected chi connectivity index (χ2v) is 7.08. The summed E-state index contributed by atoms with van der Waals surface area (Å²) < 4.78 is 5.80. The molecule has 1 aliphatic heterocycles. The van der Waals surface area contributed by atoms with Crippen molar-refractivity contribution in [1.29, 1.82) is 0 Å². The van der Waals surface area contributed by atoms with Crippen molar-refractivity contribution in [2.45, 2.75) is 32.2 Å². The number of amides is 1. The highest BCUT2D eigenvalue weighted by molar-refractivity contribution is 6.28. The summed E-state index contributed by atoms with van der Waals surface area (Å²) in [4.78, 5) is 37.8. The van der Waals surface area contributed by atoms with Gasteiger partial charge in [0.15, 0.2) is 6.29 Å². The minimum atomic E-state index is -0.845. The van der Waals surface area contributed by atoms with Crippen molar-refractivity contribution >= 4 is 24.1 Å². The molecule has 1 saturated heterocycles. The molecule has 0 radical (unpaired) electrons. The summed E-state index contributed by atoms with van der Waals surface area (Å²) in [5.41, 5.74) is 2.30. The molecule has 6 nitrogen and oxygen atoms in total. The van der Waals surface area contributed by atoms with Gasteiger partial charge in [-0.1, -0.05) is 55.5 Å². The highest BCUT2D eigenvalue weighted by atomic mass is 16.5. The molecule has 2 aromatic rings. The zero-order valence-electron chi connectivity index (χ0n) is 17.0. The molecular weight excluding hydrogens is 380 g/mol. The maximum Gasteiger partial charge on any atom is 0.228 e. The summed E-state index contributed by atoms with van der Waals surface area (Å²) >= 11 is 0. The van der Waals surface area contributed by atoms with Crippen molar-refractivity contribution in [3.05, 3.63) is 71.4 Å². The first-order chi connectivity index (χ1) is 14.6. The van der Waals surface area contributed by atoms with Gasteiger partial charge in [-0.15, -0.1) is 0 Å². The Hall–Kier alpha value is -3.25. The fraction of sp³-hybridized carbons (Fsp3) is 0.292. The number of carbonyl (C=O) groups is 3. The van der Waals surface area contributed by atoms with Crippen molar-refractivity contribution in [2.75, 3.05) is 13.3 Å². The summed E-state index contributed by atoms with van der Waals surface area (Å²) in [6.45, 7) is 2.77. The van der Waals surface area contributed by atoms with E-state index in [1.54, 1.807) is 11.0 Å². The maximum atomic E-state index is 12.9. The van der Waals surface area contributed by atoms with E-state index in [0.29, 0.717) is 37.2 Å². The van der Waals surface area contributed by atoms with Gasteiger partial charge >= 0.3 is 0 Å². The Balaban J connectivity index is 1.86. The molecule has 0 spiro atoms. The molecule has 0 aromatic heterocycles. The predicted molar refractivity (Wildman–Crippen MR) is 115 cm³/mol. The van der Waals surface area contributed by atoms with Gasteiger partial charge in [-0.25, -0.2) is 0 Å². The number of aryl methyl sites for hydroxylation is 1. The van der Waals surface area contributed by atoms with Crippen LogP contribution in [-0.2, 0) is 20.8 Å². The van der Waals surface area contributed by atoms with Crippen LogP contribution in [0.2, 0.25) is 0 Å². The van der Waals surface area contributed by atoms with Gasteiger partial charge in [0, 0.05) is 17.7 Å². The largest absolute Gasteiger partial charge is 0.493 e. The molecule has 0 aliphatic carbocycles. The molecule has 1 atom stereocenters. The molecule has 0 saturated carbocycles. The van der Waals surface area contributed by atoms with Gasteiger partial charge in [-0.05, 0) is 30.5 Å². The fourth-order valence-electron chi connectivity index (χ4n) is 3.38. The second kappa shape index (κ2) is 10.5. The van der Waals surface area contributed by atoms with E-state index in [-0.39, 0.29) is 12.6 Å². The first-order valence-corrected chi connectivity index (χ1v) is 10.1. The van der Waals surface area contributed by atoms with Crippen LogP contribution in [0, 0.1) is 0 Å². The van der Waals surface area contributed by atoms with E-state index in [4.69, 9.17) is 4.74 Å². The van der Waals surface area contributed by atoms with Crippen molar-refractivity contribution < 1.29 is 19.1 Å². The van der Waals surface area contributed by atoms with E-state index in [9.17, 15) is 14.4 Å². The van der Waals surface area contributed by atoms with Crippen LogP contribution >= 0.6 is 0 Å². The Morgan fingerprint density at radius 1 is 1.13 bits per heavy atom. The number of nitrogens with one attached hydrogen (secondary N) is 1. The lowest BCUT2D eigenvalue weighted by Gasteiger charge is -2.19. The monoisotopic (exact) mass is 406 g/mol. The molecule has 2 aromatic carbocycles. The number of nitrogens with zero attached hydrogens (tertiary/aromatic N) is 1. The highest BCUT2D eigenvalue weighted by Crippen LogP contribution is 2.26. The first kappa shape index (κ1) is 21.5. The normalized spacial score (nSPS) is 17.2. The van der Waals surface area contributed by atoms with E-state index < -0.39 is 11.8 Å². The van der Waals surface area contributed by atoms with Crippen LogP contribution in [-0.4, -0.2) is 42.2 Å². The van der Waals surface area contributed by atoms with Crippen LogP contribution in [0.3, 0.4) is 0 Å². The van der Waals surface area contributed by atoms with Crippen LogP contribution in [0.15, 0.2) is 60.3 Å². The Morgan fingerprint density at radius 2 is 1.87 bits per heavy atom. The third-order valence-corrected chi connectivity index (χ3v) is 4.92. The third kappa shape index (κ3) is 5.21. The quantitative estimate of drug-likeness (QED) is 0.512. The molecule has 1 heterocycles. The lowest BCUT2D eigenvalue weighted by Crippen LogP contribution is -2.32. The number of ether oxygens (including phenoxy) is 1. The van der Waals surface area contributed by atoms with Crippen molar-refractivity contribution in [3.8, 4) is 5.75 Å². The van der Waals surface area contributed by atoms with Gasteiger partial charge in [-0.2, -0.15) is 0 Å². The number of hydrogen-bond donors (Lipinski definition) is 1. The highest BCUT2D eigenvalue weighted by Gasteiger charge is 2.35. The number of hydrogen-bond acceptors (Lipinski definition) is 5. The van der Waals surface area contributed by atoms with Crippen molar-refractivity contribution in [2.24, 2.45) is 0 Å². The van der Waals surface area contributed by atoms with E-state index >= 15 is 0 Å². The smallest absolute Gasteiger partial charge is 0.228 e. The lowest BCUT2D eigenvalue weighted by atomic mass is 10.1. The number of ketones is 1. The summed E-state index contributed by atoms with van der Waals surface area (Å²) in [6.07, 6.45) is 3.83. The Kier molecular flexibility index (Phi) is 7.51. The molecule has 156 valence electrons. The summed E-state index contributed by atoms with van der Waals surface area (Å²) in [5, 5.41) is 2.98. The van der Waals surface area contributed by atoms with E-state index in [1.807, 2.05) is 61.5 Å². The van der Waals surface area contributed by atoms with E-state index in [2.05, 4.69) is 5.32 Å². The second-order valence-electron chi connectivity index (χ2n) is 7.08.